The number of aromatic hydroxyl groups is 1. The smallest absolute Gasteiger partial charge is 0.161 e. The second kappa shape index (κ2) is 7.32. The molecule has 0 spiro atoms. The number of aromatic nitrogens is 4. The standard InChI is InChI=1S/C21H22F2N6O/c1-28(18-8-13-2-5-17(25-13)21(18)23)20-7-6-16(26-27-20)15-4-3-14(9-19(15)30)29-11-12(22)10-24-29/h3-4,6-7,9-11,13,17-18,21,25,30H,2,5,8H2,1H3/t13-,17+,18-,21+/m0/s1. The molecule has 156 valence electrons. The Morgan fingerprint density at radius 3 is 2.77 bits per heavy atom. The highest BCUT2D eigenvalue weighted by Crippen LogP contribution is 2.34. The largest absolute Gasteiger partial charge is 0.507 e. The molecule has 2 N–H and O–H groups in total. The molecule has 0 unspecified atom stereocenters. The van der Waals surface area contributed by atoms with E-state index in [0.717, 1.165) is 25.5 Å². The number of benzene rings is 1. The predicted octanol–water partition coefficient (Wildman–Crippen LogP) is 2.84. The van der Waals surface area contributed by atoms with Crippen molar-refractivity contribution in [3.63, 3.8) is 0 Å². The zero-order chi connectivity index (χ0) is 20.8. The van der Waals surface area contributed by atoms with Gasteiger partial charge in [0.25, 0.3) is 0 Å². The summed E-state index contributed by atoms with van der Waals surface area (Å²) in [5.74, 6) is 0.120. The number of nitrogens with one attached hydrogen (secondary N) is 1. The molecule has 2 saturated heterocycles. The molecule has 0 saturated carbocycles. The summed E-state index contributed by atoms with van der Waals surface area (Å²) in [5, 5.41) is 26.2. The fraction of sp³-hybridized carbons (Fsp3) is 0.381. The molecule has 0 radical (unpaired) electrons. The molecule has 2 bridgehead atoms. The van der Waals surface area contributed by atoms with Crippen LogP contribution in [0, 0.1) is 5.82 Å². The highest BCUT2D eigenvalue weighted by molar-refractivity contribution is 5.69. The molecule has 2 fully saturated rings. The number of hydrogen-bond acceptors (Lipinski definition) is 6. The molecule has 0 aliphatic carbocycles. The number of piperidine rings is 1. The molecule has 1 aromatic carbocycles. The quantitative estimate of drug-likeness (QED) is 0.686. The van der Waals surface area contributed by atoms with Crippen molar-refractivity contribution in [2.24, 2.45) is 0 Å². The number of fused-ring (bicyclic) bond motifs is 2. The van der Waals surface area contributed by atoms with Crippen LogP contribution in [0.1, 0.15) is 19.3 Å². The summed E-state index contributed by atoms with van der Waals surface area (Å²) >= 11 is 0. The van der Waals surface area contributed by atoms with E-state index in [1.165, 1.54) is 16.9 Å². The van der Waals surface area contributed by atoms with Crippen molar-refractivity contribution in [1.29, 1.82) is 0 Å². The number of phenols is 1. The second-order valence-electron chi connectivity index (χ2n) is 7.99. The normalized spacial score (nSPS) is 25.4. The Bertz CT molecular complexity index is 1060. The van der Waals surface area contributed by atoms with Crippen LogP contribution in [0.3, 0.4) is 0 Å². The third-order valence-corrected chi connectivity index (χ3v) is 6.14. The minimum absolute atomic E-state index is 0.0161. The summed E-state index contributed by atoms with van der Waals surface area (Å²) in [6.07, 6.45) is 4.01. The van der Waals surface area contributed by atoms with Crippen molar-refractivity contribution in [1.82, 2.24) is 25.3 Å². The molecule has 30 heavy (non-hydrogen) atoms. The van der Waals surface area contributed by atoms with Gasteiger partial charge in [0, 0.05) is 30.8 Å². The first-order chi connectivity index (χ1) is 14.5. The molecule has 5 rings (SSSR count). The number of anilines is 1. The monoisotopic (exact) mass is 412 g/mol. The van der Waals surface area contributed by atoms with Gasteiger partial charge in [-0.15, -0.1) is 10.2 Å². The molecule has 2 aliphatic rings. The molecule has 2 aliphatic heterocycles. The van der Waals surface area contributed by atoms with Crippen LogP contribution in [0.15, 0.2) is 42.7 Å². The Labute approximate surface area is 172 Å². The molecular formula is C21H22F2N6O. The van der Waals surface area contributed by atoms with Crippen LogP contribution >= 0.6 is 0 Å². The summed E-state index contributed by atoms with van der Waals surface area (Å²) in [5.41, 5.74) is 1.51. The van der Waals surface area contributed by atoms with Crippen LogP contribution < -0.4 is 10.2 Å². The van der Waals surface area contributed by atoms with E-state index in [1.807, 2.05) is 11.9 Å². The molecule has 2 aromatic heterocycles. The van der Waals surface area contributed by atoms with Crippen LogP contribution in [0.2, 0.25) is 0 Å². The van der Waals surface area contributed by atoms with Crippen LogP contribution in [-0.4, -0.2) is 56.4 Å². The summed E-state index contributed by atoms with van der Waals surface area (Å²) in [6, 6.07) is 8.47. The Kier molecular flexibility index (Phi) is 4.62. The molecule has 7 nitrogen and oxygen atoms in total. The molecule has 4 atom stereocenters. The van der Waals surface area contributed by atoms with E-state index in [0.29, 0.717) is 28.8 Å². The van der Waals surface area contributed by atoms with Gasteiger partial charge in [0.2, 0.25) is 0 Å². The Morgan fingerprint density at radius 1 is 1.20 bits per heavy atom. The van der Waals surface area contributed by atoms with Crippen molar-refractivity contribution in [2.45, 2.75) is 43.6 Å². The van der Waals surface area contributed by atoms with Crippen LogP contribution in [0.25, 0.3) is 16.9 Å². The van der Waals surface area contributed by atoms with E-state index in [2.05, 4.69) is 20.6 Å². The van der Waals surface area contributed by atoms with E-state index >= 15 is 0 Å². The van der Waals surface area contributed by atoms with Gasteiger partial charge in [-0.25, -0.2) is 13.5 Å². The summed E-state index contributed by atoms with van der Waals surface area (Å²) in [6.45, 7) is 0. The zero-order valence-corrected chi connectivity index (χ0v) is 16.4. The van der Waals surface area contributed by atoms with Crippen molar-refractivity contribution in [2.75, 3.05) is 11.9 Å². The predicted molar refractivity (Wildman–Crippen MR) is 108 cm³/mol. The van der Waals surface area contributed by atoms with Crippen LogP contribution in [0.4, 0.5) is 14.6 Å². The van der Waals surface area contributed by atoms with Crippen molar-refractivity contribution >= 4 is 5.82 Å². The first-order valence-electron chi connectivity index (χ1n) is 10.0. The first-order valence-corrected chi connectivity index (χ1v) is 10.0. The van der Waals surface area contributed by atoms with Gasteiger partial charge in [0.05, 0.1) is 29.8 Å². The number of rotatable bonds is 4. The maximum absolute atomic E-state index is 14.8. The highest BCUT2D eigenvalue weighted by atomic mass is 19.1. The van der Waals surface area contributed by atoms with Gasteiger partial charge in [-0.1, -0.05) is 0 Å². The number of halogens is 2. The minimum Gasteiger partial charge on any atom is -0.507 e. The van der Waals surface area contributed by atoms with Gasteiger partial charge in [-0.2, -0.15) is 5.10 Å². The van der Waals surface area contributed by atoms with Gasteiger partial charge in [-0.05, 0) is 43.5 Å². The number of phenolic OH excluding ortho intramolecular Hbond substituents is 1. The van der Waals surface area contributed by atoms with Gasteiger partial charge >= 0.3 is 0 Å². The Hall–Kier alpha value is -3.07. The van der Waals surface area contributed by atoms with Gasteiger partial charge < -0.3 is 15.3 Å². The Balaban J connectivity index is 1.36. The SMILES string of the molecule is CN(c1ccc(-c2ccc(-n3cc(F)cn3)cc2O)nn1)[C@H]1C[C@@H]2CC[C@@H](N2)[C@H]1F. The van der Waals surface area contributed by atoms with E-state index in [1.54, 1.807) is 24.3 Å². The van der Waals surface area contributed by atoms with Crippen molar-refractivity contribution in [3.8, 4) is 22.7 Å². The lowest BCUT2D eigenvalue weighted by Gasteiger charge is -2.38. The number of hydrogen-bond donors (Lipinski definition) is 2. The van der Waals surface area contributed by atoms with E-state index in [9.17, 15) is 13.9 Å². The van der Waals surface area contributed by atoms with Crippen LogP contribution in [0.5, 0.6) is 5.75 Å². The first kappa shape index (κ1) is 18.9. The molecule has 4 heterocycles. The van der Waals surface area contributed by atoms with Crippen LogP contribution in [-0.2, 0) is 0 Å². The van der Waals surface area contributed by atoms with Gasteiger partial charge in [0.15, 0.2) is 11.6 Å². The lowest BCUT2D eigenvalue weighted by molar-refractivity contribution is 0.176. The molecular weight excluding hydrogens is 390 g/mol. The summed E-state index contributed by atoms with van der Waals surface area (Å²) in [7, 11) is 1.85. The van der Waals surface area contributed by atoms with E-state index in [4.69, 9.17) is 0 Å². The van der Waals surface area contributed by atoms with E-state index < -0.39 is 12.0 Å². The third kappa shape index (κ3) is 3.28. The Morgan fingerprint density at radius 2 is 2.07 bits per heavy atom. The zero-order valence-electron chi connectivity index (χ0n) is 16.4. The second-order valence-corrected chi connectivity index (χ2v) is 7.99. The molecule has 3 aromatic rings. The summed E-state index contributed by atoms with van der Waals surface area (Å²) in [4.78, 5) is 1.86. The number of alkyl halides is 1. The lowest BCUT2D eigenvalue weighted by Crippen LogP contribution is -2.55. The minimum atomic E-state index is -0.945. The van der Waals surface area contributed by atoms with Gasteiger partial charge in [0.1, 0.15) is 11.9 Å². The maximum atomic E-state index is 14.8. The number of nitrogens with zero attached hydrogens (tertiary/aromatic N) is 5. The van der Waals surface area contributed by atoms with Crippen molar-refractivity contribution in [3.05, 3.63) is 48.5 Å². The average molecular weight is 412 g/mol. The van der Waals surface area contributed by atoms with Crippen molar-refractivity contribution < 1.29 is 13.9 Å². The maximum Gasteiger partial charge on any atom is 0.161 e. The van der Waals surface area contributed by atoms with E-state index in [-0.39, 0.29) is 17.8 Å². The average Bonchev–Trinajstić information content (AvgIpc) is 3.37. The van der Waals surface area contributed by atoms with Gasteiger partial charge in [-0.3, -0.25) is 0 Å². The summed E-state index contributed by atoms with van der Waals surface area (Å²) < 4.78 is 29.3. The molecule has 0 amide bonds. The fourth-order valence-corrected chi connectivity index (χ4v) is 4.50. The highest BCUT2D eigenvalue weighted by Gasteiger charge is 2.43. The topological polar surface area (TPSA) is 79.1 Å². The third-order valence-electron chi connectivity index (χ3n) is 6.14. The molecule has 9 heteroatoms. The fourth-order valence-electron chi connectivity index (χ4n) is 4.50. The lowest BCUT2D eigenvalue weighted by atomic mass is 9.96.